The van der Waals surface area contributed by atoms with E-state index in [0.717, 1.165) is 5.01 Å². The maximum absolute atomic E-state index is 14.9. The summed E-state index contributed by atoms with van der Waals surface area (Å²) in [5, 5.41) is 11.2. The minimum Gasteiger partial charge on any atom is -0.496 e. The SMILES string of the molecule is CC#Cc1cc(F)c(C2C(=O)N(C)N(Cc3ccc(C#N)cn3)C2=O)c(OC)c1. The van der Waals surface area contributed by atoms with Crippen LogP contribution in [0.2, 0.25) is 0 Å². The van der Waals surface area contributed by atoms with Gasteiger partial charge in [0.15, 0.2) is 5.92 Å². The fourth-order valence-corrected chi connectivity index (χ4v) is 3.13. The highest BCUT2D eigenvalue weighted by Gasteiger charge is 2.47. The number of methoxy groups -OCH3 is 1. The van der Waals surface area contributed by atoms with E-state index in [9.17, 15) is 14.0 Å². The smallest absolute Gasteiger partial charge is 0.258 e. The van der Waals surface area contributed by atoms with Gasteiger partial charge in [0.25, 0.3) is 11.8 Å². The fourth-order valence-electron chi connectivity index (χ4n) is 3.13. The van der Waals surface area contributed by atoms with Crippen LogP contribution in [0.15, 0.2) is 30.5 Å². The zero-order chi connectivity index (χ0) is 21.1. The van der Waals surface area contributed by atoms with Crippen LogP contribution in [-0.2, 0) is 16.1 Å². The highest BCUT2D eigenvalue weighted by molar-refractivity contribution is 6.10. The molecule has 1 aromatic carbocycles. The molecule has 8 heteroatoms. The number of likely N-dealkylation sites (N-methyl/N-ethyl adjacent to an activating group) is 1. The summed E-state index contributed by atoms with van der Waals surface area (Å²) in [7, 11) is 2.78. The van der Waals surface area contributed by atoms with Crippen LogP contribution in [0, 0.1) is 29.0 Å². The molecule has 0 aliphatic carbocycles. The standard InChI is InChI=1S/C21H17FN4O3/c1-4-5-13-8-16(22)18(17(9-13)29-3)19-20(27)25(2)26(21(19)28)12-15-7-6-14(10-23)11-24-15/h6-9,11,19H,12H2,1-3H3. The highest BCUT2D eigenvalue weighted by atomic mass is 19.1. The number of nitrogens with zero attached hydrogens (tertiary/aromatic N) is 4. The van der Waals surface area contributed by atoms with Gasteiger partial charge in [-0.05, 0) is 31.2 Å². The summed E-state index contributed by atoms with van der Waals surface area (Å²) in [6, 6.07) is 7.80. The van der Waals surface area contributed by atoms with Crippen LogP contribution in [0.5, 0.6) is 5.75 Å². The molecule has 146 valence electrons. The van der Waals surface area contributed by atoms with Crippen LogP contribution in [-0.4, -0.2) is 41.0 Å². The Hall–Kier alpha value is -3.91. The Labute approximate surface area is 167 Å². The van der Waals surface area contributed by atoms with Gasteiger partial charge >= 0.3 is 0 Å². The Bertz CT molecular complexity index is 1080. The van der Waals surface area contributed by atoms with E-state index in [2.05, 4.69) is 16.8 Å². The van der Waals surface area contributed by atoms with Gasteiger partial charge in [-0.1, -0.05) is 5.92 Å². The normalized spacial score (nSPS) is 15.8. The monoisotopic (exact) mass is 392 g/mol. The first-order valence-corrected chi connectivity index (χ1v) is 8.65. The number of aromatic nitrogens is 1. The van der Waals surface area contributed by atoms with E-state index >= 15 is 0 Å². The van der Waals surface area contributed by atoms with Crippen molar-refractivity contribution in [2.24, 2.45) is 0 Å². The molecule has 0 N–H and O–H groups in total. The molecule has 1 aliphatic rings. The van der Waals surface area contributed by atoms with Crippen LogP contribution in [0.4, 0.5) is 4.39 Å². The Kier molecular flexibility index (Phi) is 5.47. The van der Waals surface area contributed by atoms with Crippen LogP contribution in [0.1, 0.15) is 35.2 Å². The molecule has 1 aromatic heterocycles. The van der Waals surface area contributed by atoms with E-state index in [4.69, 9.17) is 10.00 Å². The first kappa shape index (κ1) is 19.8. The molecule has 1 aliphatic heterocycles. The lowest BCUT2D eigenvalue weighted by Gasteiger charge is -2.23. The molecule has 2 aromatic rings. The molecule has 3 rings (SSSR count). The minimum atomic E-state index is -1.36. The van der Waals surface area contributed by atoms with Crippen molar-refractivity contribution in [2.45, 2.75) is 19.4 Å². The average Bonchev–Trinajstić information content (AvgIpc) is 2.92. The predicted molar refractivity (Wildman–Crippen MR) is 101 cm³/mol. The molecule has 0 spiro atoms. The lowest BCUT2D eigenvalue weighted by atomic mass is 9.95. The largest absolute Gasteiger partial charge is 0.496 e. The second-order valence-electron chi connectivity index (χ2n) is 6.29. The van der Waals surface area contributed by atoms with E-state index in [1.165, 1.54) is 37.5 Å². The Morgan fingerprint density at radius 2 is 2.00 bits per heavy atom. The lowest BCUT2D eigenvalue weighted by molar-refractivity contribution is -0.145. The number of hydrogen-bond acceptors (Lipinski definition) is 5. The molecule has 0 saturated carbocycles. The van der Waals surface area contributed by atoms with Gasteiger partial charge in [-0.2, -0.15) is 5.26 Å². The van der Waals surface area contributed by atoms with Gasteiger partial charge in [0, 0.05) is 18.8 Å². The van der Waals surface area contributed by atoms with Gasteiger partial charge in [-0.25, -0.2) is 9.40 Å². The third-order valence-electron chi connectivity index (χ3n) is 4.56. The van der Waals surface area contributed by atoms with Gasteiger partial charge in [-0.3, -0.25) is 19.6 Å². The first-order chi connectivity index (χ1) is 13.9. The number of pyridine rings is 1. The molecular formula is C21H17FN4O3. The molecular weight excluding hydrogens is 375 g/mol. The summed E-state index contributed by atoms with van der Waals surface area (Å²) in [6.45, 7) is 1.62. The topological polar surface area (TPSA) is 86.5 Å². The second-order valence-corrected chi connectivity index (χ2v) is 6.29. The number of hydrogen-bond donors (Lipinski definition) is 0. The Balaban J connectivity index is 1.97. The van der Waals surface area contributed by atoms with Gasteiger partial charge in [0.05, 0.1) is 30.5 Å². The van der Waals surface area contributed by atoms with Crippen molar-refractivity contribution < 1.29 is 18.7 Å². The summed E-state index contributed by atoms with van der Waals surface area (Å²) in [5.74, 6) is 2.22. The third-order valence-corrected chi connectivity index (χ3v) is 4.56. The van der Waals surface area contributed by atoms with E-state index in [1.54, 1.807) is 19.1 Å². The predicted octanol–water partition coefficient (Wildman–Crippen LogP) is 1.97. The number of nitriles is 1. The number of carbonyl (C=O) groups is 2. The maximum Gasteiger partial charge on any atom is 0.258 e. The van der Waals surface area contributed by atoms with Crippen molar-refractivity contribution >= 4 is 11.8 Å². The minimum absolute atomic E-state index is 0.00656. The number of ether oxygens (including phenoxy) is 1. The number of benzene rings is 1. The Morgan fingerprint density at radius 3 is 2.59 bits per heavy atom. The number of carbonyl (C=O) groups excluding carboxylic acids is 2. The molecule has 0 radical (unpaired) electrons. The maximum atomic E-state index is 14.9. The van der Waals surface area contributed by atoms with Crippen LogP contribution in [0.25, 0.3) is 0 Å². The molecule has 2 amide bonds. The number of halogens is 1. The highest BCUT2D eigenvalue weighted by Crippen LogP contribution is 2.37. The van der Waals surface area contributed by atoms with Crippen molar-refractivity contribution in [1.82, 2.24) is 15.0 Å². The first-order valence-electron chi connectivity index (χ1n) is 8.65. The van der Waals surface area contributed by atoms with Crippen LogP contribution >= 0.6 is 0 Å². The average molecular weight is 392 g/mol. The quantitative estimate of drug-likeness (QED) is 0.587. The fraction of sp³-hybridized carbons (Fsp3) is 0.238. The summed E-state index contributed by atoms with van der Waals surface area (Å²) >= 11 is 0. The molecule has 1 saturated heterocycles. The summed E-state index contributed by atoms with van der Waals surface area (Å²) in [4.78, 5) is 29.9. The molecule has 1 unspecified atom stereocenters. The van der Waals surface area contributed by atoms with Crippen molar-refractivity contribution in [1.29, 1.82) is 5.26 Å². The van der Waals surface area contributed by atoms with Crippen LogP contribution in [0.3, 0.4) is 0 Å². The van der Waals surface area contributed by atoms with E-state index in [1.807, 2.05) is 6.07 Å². The summed E-state index contributed by atoms with van der Waals surface area (Å²) in [6.07, 6.45) is 1.38. The third kappa shape index (κ3) is 3.61. The number of amides is 2. The molecule has 2 heterocycles. The number of hydrazine groups is 1. The van der Waals surface area contributed by atoms with Gasteiger partial charge in [0.1, 0.15) is 17.6 Å². The molecule has 7 nitrogen and oxygen atoms in total. The molecule has 29 heavy (non-hydrogen) atoms. The van der Waals surface area contributed by atoms with Gasteiger partial charge in [-0.15, -0.1) is 5.92 Å². The molecule has 0 bridgehead atoms. The van der Waals surface area contributed by atoms with Crippen molar-refractivity contribution in [2.75, 3.05) is 14.2 Å². The van der Waals surface area contributed by atoms with E-state index in [0.29, 0.717) is 16.8 Å². The van der Waals surface area contributed by atoms with Crippen LogP contribution < -0.4 is 4.74 Å². The summed E-state index contributed by atoms with van der Waals surface area (Å²) < 4.78 is 20.1. The van der Waals surface area contributed by atoms with Crippen molar-refractivity contribution in [3.05, 3.63) is 58.7 Å². The summed E-state index contributed by atoms with van der Waals surface area (Å²) in [5.41, 5.74) is 1.13. The molecule has 1 atom stereocenters. The zero-order valence-corrected chi connectivity index (χ0v) is 16.1. The molecule has 1 fully saturated rings. The van der Waals surface area contributed by atoms with E-state index < -0.39 is 23.5 Å². The van der Waals surface area contributed by atoms with Gasteiger partial charge < -0.3 is 4.74 Å². The van der Waals surface area contributed by atoms with Crippen molar-refractivity contribution in [3.8, 4) is 23.7 Å². The second kappa shape index (κ2) is 7.99. The van der Waals surface area contributed by atoms with Gasteiger partial charge in [0.2, 0.25) is 0 Å². The lowest BCUT2D eigenvalue weighted by Crippen LogP contribution is -2.37. The van der Waals surface area contributed by atoms with E-state index in [-0.39, 0.29) is 17.9 Å². The Morgan fingerprint density at radius 1 is 1.24 bits per heavy atom. The number of rotatable bonds is 4. The zero-order valence-electron chi connectivity index (χ0n) is 16.1. The van der Waals surface area contributed by atoms with Crippen molar-refractivity contribution in [3.63, 3.8) is 0 Å².